The smallest absolute Gasteiger partial charge is 0.349 e. The van der Waals surface area contributed by atoms with Crippen LogP contribution in [0, 0.1) is 12.3 Å². The Balaban J connectivity index is 3.14. The number of thiophene rings is 1. The van der Waals surface area contributed by atoms with Gasteiger partial charge in [0.05, 0.1) is 4.21 Å². The van der Waals surface area contributed by atoms with Gasteiger partial charge in [-0.15, -0.1) is 29.5 Å². The van der Waals surface area contributed by atoms with Gasteiger partial charge >= 0.3 is 5.97 Å². The van der Waals surface area contributed by atoms with Crippen molar-refractivity contribution in [3.63, 3.8) is 0 Å². The zero-order chi connectivity index (χ0) is 11.4. The predicted molar refractivity (Wildman–Crippen MR) is 62.4 cm³/mol. The highest BCUT2D eigenvalue weighted by atomic mass is 35.5. The van der Waals surface area contributed by atoms with E-state index in [0.717, 1.165) is 11.3 Å². The van der Waals surface area contributed by atoms with Gasteiger partial charge in [0.2, 0.25) is 0 Å². The summed E-state index contributed by atoms with van der Waals surface area (Å²) in [4.78, 5) is 11.0. The molecule has 0 aliphatic rings. The number of ether oxygens (including phenoxy) is 1. The summed E-state index contributed by atoms with van der Waals surface area (Å²) >= 11 is 8.40. The Kier molecular flexibility index (Phi) is 4.33. The molecule has 3 nitrogen and oxygen atoms in total. The number of hydrogen-bond acceptors (Lipinski definition) is 4. The maximum Gasteiger partial charge on any atom is 0.349 e. The summed E-state index contributed by atoms with van der Waals surface area (Å²) in [5, 5.41) is 9.23. The van der Waals surface area contributed by atoms with Crippen molar-refractivity contribution in [2.45, 2.75) is 4.21 Å². The van der Waals surface area contributed by atoms with E-state index in [-0.39, 0.29) is 17.2 Å². The molecule has 0 aliphatic carbocycles. The summed E-state index contributed by atoms with van der Waals surface area (Å²) < 4.78 is 5.82. The number of carboxylic acids is 1. The van der Waals surface area contributed by atoms with E-state index in [1.54, 1.807) is 0 Å². The third kappa shape index (κ3) is 2.59. The second-order valence-electron chi connectivity index (χ2n) is 2.36. The van der Waals surface area contributed by atoms with E-state index in [1.807, 2.05) is 6.26 Å². The largest absolute Gasteiger partial charge is 0.478 e. The van der Waals surface area contributed by atoms with Crippen LogP contribution in [-0.4, -0.2) is 23.9 Å². The van der Waals surface area contributed by atoms with Crippen LogP contribution in [-0.2, 0) is 0 Å². The summed E-state index contributed by atoms with van der Waals surface area (Å²) in [5.41, 5.74) is 0. The molecular weight excluding hydrogens is 256 g/mol. The summed E-state index contributed by atoms with van der Waals surface area (Å²) in [6.07, 6.45) is 6.84. The van der Waals surface area contributed by atoms with Crippen LogP contribution in [0.4, 0.5) is 0 Å². The second kappa shape index (κ2) is 5.31. The highest BCUT2D eigenvalue weighted by molar-refractivity contribution is 8.00. The van der Waals surface area contributed by atoms with Crippen molar-refractivity contribution in [1.29, 1.82) is 0 Å². The lowest BCUT2D eigenvalue weighted by Gasteiger charge is -2.01. The molecule has 0 unspecified atom stereocenters. The van der Waals surface area contributed by atoms with Crippen LogP contribution >= 0.6 is 34.7 Å². The molecule has 0 amide bonds. The fraction of sp³-hybridized carbons (Fsp3) is 0.222. The Hall–Kier alpha value is -0.830. The van der Waals surface area contributed by atoms with Crippen molar-refractivity contribution in [2.75, 3.05) is 12.9 Å². The molecule has 0 aliphatic heterocycles. The maximum atomic E-state index is 10.9. The quantitative estimate of drug-likeness (QED) is 0.670. The van der Waals surface area contributed by atoms with Crippen molar-refractivity contribution in [2.24, 2.45) is 0 Å². The first-order valence-corrected chi connectivity index (χ1v) is 6.19. The Morgan fingerprint density at radius 2 is 2.47 bits per heavy atom. The number of halogens is 1. The third-order valence-corrected chi connectivity index (χ3v) is 4.32. The van der Waals surface area contributed by atoms with Gasteiger partial charge in [-0.1, -0.05) is 17.5 Å². The van der Waals surface area contributed by atoms with Gasteiger partial charge in [0, 0.05) is 0 Å². The molecule has 0 spiro atoms. The topological polar surface area (TPSA) is 46.5 Å². The van der Waals surface area contributed by atoms with E-state index in [2.05, 4.69) is 5.92 Å². The Morgan fingerprint density at radius 3 is 2.93 bits per heavy atom. The number of terminal acetylenes is 1. The van der Waals surface area contributed by atoms with Gasteiger partial charge < -0.3 is 9.84 Å². The molecule has 1 rings (SSSR count). The number of carboxylic acid groups (broad SMARTS) is 1. The summed E-state index contributed by atoms with van der Waals surface area (Å²) in [6, 6.07) is 0. The lowest BCUT2D eigenvalue weighted by molar-refractivity contribution is 0.0698. The van der Waals surface area contributed by atoms with Crippen LogP contribution in [0.3, 0.4) is 0 Å². The molecule has 15 heavy (non-hydrogen) atoms. The van der Waals surface area contributed by atoms with Crippen LogP contribution in [0.25, 0.3) is 0 Å². The average molecular weight is 263 g/mol. The average Bonchev–Trinajstić information content (AvgIpc) is 2.52. The van der Waals surface area contributed by atoms with Gasteiger partial charge in [0.25, 0.3) is 0 Å². The molecule has 0 fully saturated rings. The van der Waals surface area contributed by atoms with Crippen molar-refractivity contribution >= 4 is 40.7 Å². The molecule has 1 aromatic heterocycles. The molecule has 1 heterocycles. The molecule has 1 aromatic rings. The summed E-state index contributed by atoms with van der Waals surface area (Å²) in [7, 11) is 0. The molecular formula is C9H7ClO3S2. The van der Waals surface area contributed by atoms with Crippen molar-refractivity contribution in [1.82, 2.24) is 0 Å². The Bertz CT molecular complexity index is 420. The van der Waals surface area contributed by atoms with E-state index < -0.39 is 5.97 Å². The van der Waals surface area contributed by atoms with Crippen LogP contribution in [0.15, 0.2) is 4.21 Å². The fourth-order valence-corrected chi connectivity index (χ4v) is 3.01. The Morgan fingerprint density at radius 1 is 1.80 bits per heavy atom. The van der Waals surface area contributed by atoms with Gasteiger partial charge in [-0.05, 0) is 6.26 Å². The van der Waals surface area contributed by atoms with E-state index in [9.17, 15) is 4.79 Å². The third-order valence-electron chi connectivity index (χ3n) is 1.46. The van der Waals surface area contributed by atoms with Gasteiger partial charge in [-0.25, -0.2) is 4.79 Å². The molecule has 0 bridgehead atoms. The summed E-state index contributed by atoms with van der Waals surface area (Å²) in [5.74, 6) is 1.36. The predicted octanol–water partition coefficient (Wildman–Crippen LogP) is 2.83. The molecule has 0 saturated heterocycles. The fourth-order valence-electron chi connectivity index (χ4n) is 0.891. The summed E-state index contributed by atoms with van der Waals surface area (Å²) in [6.45, 7) is 0.00452. The normalized spacial score (nSPS) is 9.67. The highest BCUT2D eigenvalue weighted by Crippen LogP contribution is 2.44. The lowest BCUT2D eigenvalue weighted by Crippen LogP contribution is -1.99. The molecule has 0 aromatic carbocycles. The zero-order valence-corrected chi connectivity index (χ0v) is 10.1. The van der Waals surface area contributed by atoms with Crippen LogP contribution in [0.5, 0.6) is 5.75 Å². The monoisotopic (exact) mass is 262 g/mol. The second-order valence-corrected chi connectivity index (χ2v) is 4.84. The maximum absolute atomic E-state index is 10.9. The highest BCUT2D eigenvalue weighted by Gasteiger charge is 2.22. The zero-order valence-electron chi connectivity index (χ0n) is 7.74. The molecule has 0 saturated carbocycles. The molecule has 0 radical (unpaired) electrons. The van der Waals surface area contributed by atoms with Gasteiger partial charge in [-0.2, -0.15) is 0 Å². The van der Waals surface area contributed by atoms with Crippen molar-refractivity contribution in [3.8, 4) is 18.1 Å². The number of rotatable bonds is 4. The lowest BCUT2D eigenvalue weighted by atomic mass is 10.4. The number of carbonyl (C=O) groups is 1. The SMILES string of the molecule is C#CCOc1c(C(=O)O)sc(SC)c1Cl. The number of hydrogen-bond donors (Lipinski definition) is 1. The molecule has 1 N–H and O–H groups in total. The minimum absolute atomic E-state index is 0.00452. The Labute approximate surface area is 100 Å². The van der Waals surface area contributed by atoms with Gasteiger partial charge in [-0.3, -0.25) is 0 Å². The first kappa shape index (κ1) is 12.2. The van der Waals surface area contributed by atoms with Crippen LogP contribution in [0.1, 0.15) is 9.67 Å². The first-order chi connectivity index (χ1) is 7.11. The molecule has 6 heteroatoms. The van der Waals surface area contributed by atoms with Gasteiger partial charge in [0.1, 0.15) is 11.6 Å². The van der Waals surface area contributed by atoms with E-state index >= 15 is 0 Å². The number of thioether (sulfide) groups is 1. The standard InChI is InChI=1S/C9H7ClO3S2/c1-3-4-13-6-5(10)9(14-2)15-7(6)8(11)12/h1H,4H2,2H3,(H,11,12). The van der Waals surface area contributed by atoms with Crippen LogP contribution < -0.4 is 4.74 Å². The number of aromatic carboxylic acids is 1. The van der Waals surface area contributed by atoms with E-state index in [0.29, 0.717) is 9.23 Å². The minimum atomic E-state index is -1.06. The first-order valence-electron chi connectivity index (χ1n) is 3.77. The van der Waals surface area contributed by atoms with Crippen molar-refractivity contribution in [3.05, 3.63) is 9.90 Å². The minimum Gasteiger partial charge on any atom is -0.478 e. The molecule has 80 valence electrons. The van der Waals surface area contributed by atoms with E-state index in [1.165, 1.54) is 11.8 Å². The molecule has 0 atom stereocenters. The van der Waals surface area contributed by atoms with Gasteiger partial charge in [0.15, 0.2) is 10.6 Å². The van der Waals surface area contributed by atoms with Crippen LogP contribution in [0.2, 0.25) is 5.02 Å². The van der Waals surface area contributed by atoms with E-state index in [4.69, 9.17) is 27.9 Å². The van der Waals surface area contributed by atoms with Crippen molar-refractivity contribution < 1.29 is 14.6 Å².